The molecule has 2 heterocycles. The second-order valence-electron chi connectivity index (χ2n) is 10.2. The fourth-order valence-electron chi connectivity index (χ4n) is 5.97. The second-order valence-corrected chi connectivity index (χ2v) is 10.2. The maximum absolute atomic E-state index is 13.5. The van der Waals surface area contributed by atoms with Crippen molar-refractivity contribution in [3.63, 3.8) is 0 Å². The van der Waals surface area contributed by atoms with Crippen LogP contribution in [0.15, 0.2) is 72.8 Å². The van der Waals surface area contributed by atoms with Gasteiger partial charge >= 0.3 is 18.1 Å². The molecule has 4 amide bonds. The topological polar surface area (TPSA) is 125 Å². The summed E-state index contributed by atoms with van der Waals surface area (Å²) in [6.45, 7) is -0.296. The third-order valence-electron chi connectivity index (χ3n) is 7.96. The fourth-order valence-corrected chi connectivity index (χ4v) is 5.97. The van der Waals surface area contributed by atoms with E-state index in [9.17, 15) is 24.3 Å². The zero-order valence-corrected chi connectivity index (χ0v) is 21.7. The Kier molecular flexibility index (Phi) is 6.17. The molecule has 0 aromatic heterocycles. The largest absolute Gasteiger partial charge is 0.497 e. The number of urea groups is 1. The molecule has 10 nitrogen and oxygen atoms in total. The summed E-state index contributed by atoms with van der Waals surface area (Å²) in [5.74, 6) is -1.42. The Bertz CT molecular complexity index is 1480. The number of imide groups is 1. The van der Waals surface area contributed by atoms with E-state index >= 15 is 0 Å². The van der Waals surface area contributed by atoms with E-state index < -0.39 is 35.6 Å². The highest BCUT2D eigenvalue weighted by molar-refractivity contribution is 6.08. The summed E-state index contributed by atoms with van der Waals surface area (Å²) in [5, 5.41) is 12.6. The van der Waals surface area contributed by atoms with Gasteiger partial charge in [0.1, 0.15) is 23.9 Å². The third kappa shape index (κ3) is 4.12. The minimum atomic E-state index is -1.54. The SMILES string of the molecule is COc1ccc(CN2C(=O)N[C@]3(C[C@@H](C(=O)O)N(C(=O)OCC4c5ccccc5-c5ccccc54)C3)C2=O)cc1. The Labute approximate surface area is 230 Å². The minimum absolute atomic E-state index is 0.000899. The van der Waals surface area contributed by atoms with Crippen molar-refractivity contribution >= 4 is 24.0 Å². The quantitative estimate of drug-likeness (QED) is 0.457. The summed E-state index contributed by atoms with van der Waals surface area (Å²) in [6, 6.07) is 20.7. The van der Waals surface area contributed by atoms with Gasteiger partial charge in [-0.3, -0.25) is 14.6 Å². The molecule has 0 bridgehead atoms. The number of carboxylic acid groups (broad SMARTS) is 1. The molecule has 3 aliphatic rings. The zero-order valence-electron chi connectivity index (χ0n) is 21.7. The number of benzene rings is 3. The molecule has 6 rings (SSSR count). The Morgan fingerprint density at radius 2 is 1.60 bits per heavy atom. The number of likely N-dealkylation sites (tertiary alicyclic amines) is 1. The number of aliphatic carboxylic acids is 1. The van der Waals surface area contributed by atoms with Crippen molar-refractivity contribution in [2.45, 2.75) is 30.5 Å². The van der Waals surface area contributed by atoms with Crippen molar-refractivity contribution in [2.24, 2.45) is 0 Å². The van der Waals surface area contributed by atoms with Gasteiger partial charge in [0.25, 0.3) is 5.91 Å². The van der Waals surface area contributed by atoms with Crippen LogP contribution in [0.1, 0.15) is 29.0 Å². The van der Waals surface area contributed by atoms with Crippen LogP contribution in [0.5, 0.6) is 5.75 Å². The van der Waals surface area contributed by atoms with Crippen molar-refractivity contribution in [1.29, 1.82) is 0 Å². The first-order valence-corrected chi connectivity index (χ1v) is 12.9. The Hall–Kier alpha value is -4.86. The number of rotatable bonds is 6. The molecule has 0 radical (unpaired) electrons. The molecule has 2 saturated heterocycles. The molecule has 0 unspecified atom stereocenters. The maximum Gasteiger partial charge on any atom is 0.410 e. The van der Waals surface area contributed by atoms with Gasteiger partial charge in [0, 0.05) is 12.3 Å². The summed E-state index contributed by atoms with van der Waals surface area (Å²) in [6.07, 6.45) is -1.10. The number of nitrogens with zero attached hydrogens (tertiary/aromatic N) is 2. The third-order valence-corrected chi connectivity index (χ3v) is 7.96. The van der Waals surface area contributed by atoms with E-state index in [1.165, 1.54) is 7.11 Å². The number of ether oxygens (including phenoxy) is 2. The van der Waals surface area contributed by atoms with Crippen molar-refractivity contribution in [3.05, 3.63) is 89.5 Å². The van der Waals surface area contributed by atoms with Crippen LogP contribution >= 0.6 is 0 Å². The summed E-state index contributed by atoms with van der Waals surface area (Å²) in [7, 11) is 1.54. The molecule has 1 spiro atoms. The van der Waals surface area contributed by atoms with Crippen molar-refractivity contribution in [1.82, 2.24) is 15.1 Å². The van der Waals surface area contributed by atoms with Gasteiger partial charge in [0.15, 0.2) is 0 Å². The highest BCUT2D eigenvalue weighted by atomic mass is 16.6. The lowest BCUT2D eigenvalue weighted by atomic mass is 9.96. The van der Waals surface area contributed by atoms with Gasteiger partial charge in [-0.05, 0) is 39.9 Å². The number of carboxylic acids is 1. The average Bonchev–Trinajstić information content (AvgIpc) is 3.58. The molecule has 2 aliphatic heterocycles. The molecule has 2 N–H and O–H groups in total. The maximum atomic E-state index is 13.5. The van der Waals surface area contributed by atoms with Crippen molar-refractivity contribution in [3.8, 4) is 16.9 Å². The number of amides is 4. The van der Waals surface area contributed by atoms with E-state index in [0.29, 0.717) is 11.3 Å². The Balaban J connectivity index is 1.19. The zero-order chi connectivity index (χ0) is 28.0. The van der Waals surface area contributed by atoms with Gasteiger partial charge in [-0.15, -0.1) is 0 Å². The van der Waals surface area contributed by atoms with E-state index in [2.05, 4.69) is 5.32 Å². The van der Waals surface area contributed by atoms with Gasteiger partial charge in [0.2, 0.25) is 0 Å². The van der Waals surface area contributed by atoms with Gasteiger partial charge in [-0.2, -0.15) is 0 Å². The number of methoxy groups -OCH3 is 1. The predicted octanol–water partition coefficient (Wildman–Crippen LogP) is 3.59. The smallest absolute Gasteiger partial charge is 0.410 e. The first kappa shape index (κ1) is 25.4. The van der Waals surface area contributed by atoms with Gasteiger partial charge in [-0.25, -0.2) is 14.4 Å². The molecule has 2 atom stereocenters. The first-order chi connectivity index (χ1) is 19.3. The number of carbonyl (C=O) groups is 4. The summed E-state index contributed by atoms with van der Waals surface area (Å²) in [4.78, 5) is 53.9. The van der Waals surface area contributed by atoms with Crippen LogP contribution in [0, 0.1) is 0 Å². The molecular weight excluding hydrogens is 514 g/mol. The van der Waals surface area contributed by atoms with Crippen molar-refractivity contribution < 1.29 is 33.8 Å². The highest BCUT2D eigenvalue weighted by Crippen LogP contribution is 2.44. The molecule has 0 saturated carbocycles. The molecule has 204 valence electrons. The van der Waals surface area contributed by atoms with Gasteiger partial charge < -0.3 is 19.9 Å². The van der Waals surface area contributed by atoms with E-state index in [4.69, 9.17) is 9.47 Å². The number of hydrogen-bond acceptors (Lipinski definition) is 6. The lowest BCUT2D eigenvalue weighted by Gasteiger charge is -2.23. The fraction of sp³-hybridized carbons (Fsp3) is 0.267. The van der Waals surface area contributed by atoms with Crippen molar-refractivity contribution in [2.75, 3.05) is 20.3 Å². The van der Waals surface area contributed by atoms with Gasteiger partial charge in [-0.1, -0.05) is 60.7 Å². The monoisotopic (exact) mass is 541 g/mol. The molecular formula is C30H27N3O7. The predicted molar refractivity (Wildman–Crippen MR) is 143 cm³/mol. The van der Waals surface area contributed by atoms with E-state index in [1.807, 2.05) is 48.5 Å². The normalized spacial score (nSPS) is 21.4. The van der Waals surface area contributed by atoms with Crippen LogP contribution in [0.4, 0.5) is 9.59 Å². The summed E-state index contributed by atoms with van der Waals surface area (Å²) < 4.78 is 10.8. The van der Waals surface area contributed by atoms with Crippen LogP contribution in [-0.4, -0.2) is 70.7 Å². The minimum Gasteiger partial charge on any atom is -0.497 e. The number of carbonyl (C=O) groups excluding carboxylic acids is 3. The molecule has 2 fully saturated rings. The van der Waals surface area contributed by atoms with Crippen LogP contribution in [-0.2, 0) is 20.9 Å². The highest BCUT2D eigenvalue weighted by Gasteiger charge is 2.60. The number of hydrogen-bond donors (Lipinski definition) is 2. The van der Waals surface area contributed by atoms with E-state index in [1.54, 1.807) is 24.3 Å². The molecule has 40 heavy (non-hydrogen) atoms. The van der Waals surface area contributed by atoms with Crippen LogP contribution in [0.2, 0.25) is 0 Å². The lowest BCUT2D eigenvalue weighted by molar-refractivity contribution is -0.141. The van der Waals surface area contributed by atoms with Gasteiger partial charge in [0.05, 0.1) is 20.2 Å². The summed E-state index contributed by atoms with van der Waals surface area (Å²) >= 11 is 0. The van der Waals surface area contributed by atoms with Crippen LogP contribution in [0.25, 0.3) is 11.1 Å². The standard InChI is InChI=1S/C30H27N3O7/c1-39-19-12-10-18(11-13-19)15-32-27(36)30(31-28(32)37)14-25(26(34)35)33(17-30)29(38)40-16-24-22-8-4-2-6-20(22)21-7-3-5-9-23(21)24/h2-13,24-25H,14-17H2,1H3,(H,31,37)(H,34,35)/t25-,30-/m0/s1. The first-order valence-electron chi connectivity index (χ1n) is 12.9. The molecule has 3 aromatic rings. The average molecular weight is 542 g/mol. The van der Waals surface area contributed by atoms with Crippen LogP contribution in [0.3, 0.4) is 0 Å². The van der Waals surface area contributed by atoms with Crippen LogP contribution < -0.4 is 10.1 Å². The Morgan fingerprint density at radius 3 is 2.20 bits per heavy atom. The van der Waals surface area contributed by atoms with E-state index in [0.717, 1.165) is 32.1 Å². The lowest BCUT2D eigenvalue weighted by Crippen LogP contribution is -2.50. The molecule has 1 aliphatic carbocycles. The van der Waals surface area contributed by atoms with E-state index in [-0.39, 0.29) is 32.0 Å². The second kappa shape index (κ2) is 9.71. The molecule has 10 heteroatoms. The number of nitrogens with one attached hydrogen (secondary N) is 1. The Morgan fingerprint density at radius 1 is 0.975 bits per heavy atom. The number of fused-ring (bicyclic) bond motifs is 3. The summed E-state index contributed by atoms with van der Waals surface area (Å²) in [5.41, 5.74) is 3.34. The molecule has 3 aromatic carbocycles.